The average Bonchev–Trinajstić information content (AvgIpc) is 2.56. The van der Waals surface area contributed by atoms with E-state index in [1.54, 1.807) is 0 Å². The number of aromatic nitrogens is 1. The van der Waals surface area contributed by atoms with Crippen LogP contribution >= 0.6 is 0 Å². The Morgan fingerprint density at radius 1 is 0.958 bits per heavy atom. The number of hydrogen-bond acceptors (Lipinski definition) is 2. The number of amides is 1. The van der Waals surface area contributed by atoms with Gasteiger partial charge in [0.1, 0.15) is 0 Å². The highest BCUT2D eigenvalue weighted by atomic mass is 16.1. The van der Waals surface area contributed by atoms with Gasteiger partial charge in [-0.1, -0.05) is 56.7 Å². The number of nitrogens with two attached hydrogens (primary N) is 1. The highest BCUT2D eigenvalue weighted by molar-refractivity contribution is 5.82. The summed E-state index contributed by atoms with van der Waals surface area (Å²) in [5, 5.41) is 1.26. The van der Waals surface area contributed by atoms with Gasteiger partial charge < -0.3 is 5.73 Å². The lowest BCUT2D eigenvalue weighted by atomic mass is 10.0. The zero-order valence-electron chi connectivity index (χ0n) is 14.9. The lowest BCUT2D eigenvalue weighted by molar-refractivity contribution is -0.118. The van der Waals surface area contributed by atoms with E-state index in [0.717, 1.165) is 24.8 Å². The van der Waals surface area contributed by atoms with Crippen molar-refractivity contribution in [3.63, 3.8) is 0 Å². The summed E-state index contributed by atoms with van der Waals surface area (Å²) in [7, 11) is 0. The number of nitrogens with zero attached hydrogens (tertiary/aromatic N) is 1. The summed E-state index contributed by atoms with van der Waals surface area (Å²) in [5.41, 5.74) is 8.79. The zero-order valence-corrected chi connectivity index (χ0v) is 14.9. The number of rotatable bonds is 11. The summed E-state index contributed by atoms with van der Waals surface area (Å²) < 4.78 is 0. The van der Waals surface area contributed by atoms with E-state index in [0.29, 0.717) is 6.42 Å². The van der Waals surface area contributed by atoms with Gasteiger partial charge in [0.05, 0.1) is 5.52 Å². The Labute approximate surface area is 145 Å². The first-order valence-electron chi connectivity index (χ1n) is 9.30. The molecule has 130 valence electrons. The Kier molecular flexibility index (Phi) is 7.73. The van der Waals surface area contributed by atoms with Crippen LogP contribution in [0.15, 0.2) is 30.3 Å². The number of aryl methyl sites for hydroxylation is 2. The van der Waals surface area contributed by atoms with Crippen molar-refractivity contribution in [2.24, 2.45) is 5.73 Å². The normalized spacial score (nSPS) is 11.0. The Morgan fingerprint density at radius 3 is 2.29 bits per heavy atom. The molecule has 1 amide bonds. The summed E-state index contributed by atoms with van der Waals surface area (Å²) in [6.07, 6.45) is 11.3. The Morgan fingerprint density at radius 2 is 1.58 bits per heavy atom. The number of para-hydroxylation sites is 1. The number of pyridine rings is 1. The molecule has 0 saturated heterocycles. The average molecular weight is 326 g/mol. The Bertz CT molecular complexity index is 651. The standard InChI is InChI=1S/C21H30N2O/c1-17-16-18(23-20-14-11-10-13-19(17)20)12-8-6-4-2-3-5-7-9-15-21(22)24/h10-11,13-14,16H,2-9,12,15H2,1H3,(H2,22,24). The van der Waals surface area contributed by atoms with E-state index < -0.39 is 0 Å². The Balaban J connectivity index is 1.59. The molecule has 0 aliphatic heterocycles. The van der Waals surface area contributed by atoms with Crippen molar-refractivity contribution in [1.29, 1.82) is 0 Å². The minimum atomic E-state index is -0.174. The van der Waals surface area contributed by atoms with Crippen molar-refractivity contribution >= 4 is 16.8 Å². The molecule has 2 N–H and O–H groups in total. The number of unbranched alkanes of at least 4 members (excludes halogenated alkanes) is 7. The molecule has 0 bridgehead atoms. The molecule has 1 aromatic heterocycles. The third-order valence-electron chi connectivity index (χ3n) is 4.58. The molecule has 2 rings (SSSR count). The quantitative estimate of drug-likeness (QED) is 0.585. The zero-order chi connectivity index (χ0) is 17.2. The molecule has 0 aliphatic rings. The molecule has 0 radical (unpaired) electrons. The smallest absolute Gasteiger partial charge is 0.217 e. The minimum Gasteiger partial charge on any atom is -0.370 e. The van der Waals surface area contributed by atoms with Crippen molar-refractivity contribution in [3.8, 4) is 0 Å². The van der Waals surface area contributed by atoms with Gasteiger partial charge in [0.25, 0.3) is 0 Å². The van der Waals surface area contributed by atoms with Gasteiger partial charge in [-0.3, -0.25) is 9.78 Å². The number of benzene rings is 1. The molecule has 0 spiro atoms. The molecule has 0 aliphatic carbocycles. The largest absolute Gasteiger partial charge is 0.370 e. The van der Waals surface area contributed by atoms with E-state index in [-0.39, 0.29) is 5.91 Å². The number of fused-ring (bicyclic) bond motifs is 1. The summed E-state index contributed by atoms with van der Waals surface area (Å²) in [4.78, 5) is 15.4. The van der Waals surface area contributed by atoms with Crippen molar-refractivity contribution in [2.75, 3.05) is 0 Å². The highest BCUT2D eigenvalue weighted by Crippen LogP contribution is 2.19. The summed E-state index contributed by atoms with van der Waals surface area (Å²) in [6.45, 7) is 2.17. The first-order chi connectivity index (χ1) is 11.7. The number of carbonyl (C=O) groups excluding carboxylic acids is 1. The molecule has 3 nitrogen and oxygen atoms in total. The van der Waals surface area contributed by atoms with Gasteiger partial charge in [0.15, 0.2) is 0 Å². The Hall–Kier alpha value is -1.90. The number of hydrogen-bond donors (Lipinski definition) is 1. The minimum absolute atomic E-state index is 0.174. The fourth-order valence-corrected chi connectivity index (χ4v) is 3.21. The summed E-state index contributed by atoms with van der Waals surface area (Å²) in [5.74, 6) is -0.174. The molecule has 24 heavy (non-hydrogen) atoms. The topological polar surface area (TPSA) is 56.0 Å². The SMILES string of the molecule is Cc1cc(CCCCCCCCCCC(N)=O)nc2ccccc12. The van der Waals surface area contributed by atoms with E-state index in [1.165, 1.54) is 55.2 Å². The molecule has 0 atom stereocenters. The number of primary amides is 1. The van der Waals surface area contributed by atoms with Crippen LogP contribution in [0.4, 0.5) is 0 Å². The van der Waals surface area contributed by atoms with Crippen LogP contribution in [0.1, 0.15) is 69.0 Å². The van der Waals surface area contributed by atoms with Crippen LogP contribution in [-0.2, 0) is 11.2 Å². The van der Waals surface area contributed by atoms with Crippen molar-refractivity contribution in [3.05, 3.63) is 41.6 Å². The van der Waals surface area contributed by atoms with Gasteiger partial charge in [-0.05, 0) is 43.9 Å². The fourth-order valence-electron chi connectivity index (χ4n) is 3.21. The second-order valence-corrected chi connectivity index (χ2v) is 6.74. The second-order valence-electron chi connectivity index (χ2n) is 6.74. The van der Waals surface area contributed by atoms with Crippen LogP contribution in [0.5, 0.6) is 0 Å². The molecule has 1 heterocycles. The summed E-state index contributed by atoms with van der Waals surface area (Å²) >= 11 is 0. The lowest BCUT2D eigenvalue weighted by Gasteiger charge is -2.06. The van der Waals surface area contributed by atoms with Crippen LogP contribution in [0.3, 0.4) is 0 Å². The predicted molar refractivity (Wildman–Crippen MR) is 101 cm³/mol. The second kappa shape index (κ2) is 10.1. The van der Waals surface area contributed by atoms with Crippen molar-refractivity contribution < 1.29 is 4.79 Å². The van der Waals surface area contributed by atoms with Crippen molar-refractivity contribution in [1.82, 2.24) is 4.98 Å². The monoisotopic (exact) mass is 326 g/mol. The van der Waals surface area contributed by atoms with Gasteiger partial charge in [-0.2, -0.15) is 0 Å². The van der Waals surface area contributed by atoms with Crippen molar-refractivity contribution in [2.45, 2.75) is 71.1 Å². The molecule has 2 aromatic rings. The molecular weight excluding hydrogens is 296 g/mol. The van der Waals surface area contributed by atoms with Crippen LogP contribution in [0, 0.1) is 6.92 Å². The van der Waals surface area contributed by atoms with Gasteiger partial charge in [0.2, 0.25) is 5.91 Å². The third kappa shape index (κ3) is 6.31. The fraction of sp³-hybridized carbons (Fsp3) is 0.524. The van der Waals surface area contributed by atoms with Crippen LogP contribution in [-0.4, -0.2) is 10.9 Å². The maximum absolute atomic E-state index is 10.6. The molecule has 1 aromatic carbocycles. The molecule has 0 unspecified atom stereocenters. The van der Waals surface area contributed by atoms with Gasteiger partial charge in [-0.15, -0.1) is 0 Å². The van der Waals surface area contributed by atoms with E-state index in [9.17, 15) is 4.79 Å². The van der Waals surface area contributed by atoms with Gasteiger partial charge in [-0.25, -0.2) is 0 Å². The number of carbonyl (C=O) groups is 1. The molecular formula is C21H30N2O. The van der Waals surface area contributed by atoms with E-state index in [4.69, 9.17) is 10.7 Å². The first kappa shape index (κ1) is 18.4. The van der Waals surface area contributed by atoms with E-state index in [2.05, 4.69) is 37.3 Å². The van der Waals surface area contributed by atoms with Crippen LogP contribution in [0.25, 0.3) is 10.9 Å². The van der Waals surface area contributed by atoms with Gasteiger partial charge in [0, 0.05) is 17.5 Å². The molecule has 3 heteroatoms. The van der Waals surface area contributed by atoms with E-state index in [1.807, 2.05) is 0 Å². The highest BCUT2D eigenvalue weighted by Gasteiger charge is 2.02. The first-order valence-corrected chi connectivity index (χ1v) is 9.30. The predicted octanol–water partition coefficient (Wildman–Crippen LogP) is 5.08. The van der Waals surface area contributed by atoms with Gasteiger partial charge >= 0.3 is 0 Å². The molecule has 0 saturated carbocycles. The van der Waals surface area contributed by atoms with E-state index >= 15 is 0 Å². The summed E-state index contributed by atoms with van der Waals surface area (Å²) in [6, 6.07) is 10.6. The van der Waals surface area contributed by atoms with Crippen LogP contribution < -0.4 is 5.73 Å². The lowest BCUT2D eigenvalue weighted by Crippen LogP contribution is -2.09. The third-order valence-corrected chi connectivity index (χ3v) is 4.58. The molecule has 0 fully saturated rings. The van der Waals surface area contributed by atoms with Crippen LogP contribution in [0.2, 0.25) is 0 Å². The maximum Gasteiger partial charge on any atom is 0.217 e. The maximum atomic E-state index is 10.6.